The summed E-state index contributed by atoms with van der Waals surface area (Å²) in [4.78, 5) is 30.9. The lowest BCUT2D eigenvalue weighted by atomic mass is 10.1. The monoisotopic (exact) mass is 417 g/mol. The molecule has 0 bridgehead atoms. The number of nitrogens with zero attached hydrogens (tertiary/aromatic N) is 3. The van der Waals surface area contributed by atoms with E-state index in [-0.39, 0.29) is 23.8 Å². The van der Waals surface area contributed by atoms with E-state index in [9.17, 15) is 9.59 Å². The quantitative estimate of drug-likeness (QED) is 0.800. The first kappa shape index (κ1) is 21.1. The van der Waals surface area contributed by atoms with Gasteiger partial charge < -0.3 is 14.7 Å². The van der Waals surface area contributed by atoms with Crippen molar-refractivity contribution in [3.63, 3.8) is 0 Å². The average Bonchev–Trinajstić information content (AvgIpc) is 3.21. The van der Waals surface area contributed by atoms with Crippen molar-refractivity contribution in [2.45, 2.75) is 25.9 Å². The van der Waals surface area contributed by atoms with E-state index < -0.39 is 0 Å². The molecule has 0 aliphatic carbocycles. The van der Waals surface area contributed by atoms with Crippen LogP contribution >= 0.6 is 0 Å². The zero-order valence-electron chi connectivity index (χ0n) is 18.0. The molecule has 160 valence electrons. The highest BCUT2D eigenvalue weighted by molar-refractivity contribution is 5.89. The molecule has 2 aromatic carbocycles. The minimum Gasteiger partial charge on any atom is -0.335 e. The maximum Gasteiger partial charge on any atom is 0.228 e. The molecule has 0 spiro atoms. The van der Waals surface area contributed by atoms with E-state index in [1.807, 2.05) is 71.3 Å². The normalized spacial score (nSPS) is 20.5. The summed E-state index contributed by atoms with van der Waals surface area (Å²) >= 11 is 0. The molecule has 6 nitrogen and oxygen atoms in total. The summed E-state index contributed by atoms with van der Waals surface area (Å²) in [6.45, 7) is 6.69. The van der Waals surface area contributed by atoms with Gasteiger partial charge in [-0.1, -0.05) is 42.5 Å². The van der Waals surface area contributed by atoms with Crippen molar-refractivity contribution in [1.29, 1.82) is 5.26 Å². The van der Waals surface area contributed by atoms with E-state index in [0.717, 1.165) is 38.3 Å². The number of likely N-dealkylation sites (tertiary alicyclic amines) is 1. The van der Waals surface area contributed by atoms with E-state index in [1.54, 1.807) is 0 Å². The van der Waals surface area contributed by atoms with Crippen molar-refractivity contribution in [3.8, 4) is 6.07 Å². The molecule has 0 unspecified atom stereocenters. The summed E-state index contributed by atoms with van der Waals surface area (Å²) in [5.41, 5.74) is 2.99. The summed E-state index contributed by atoms with van der Waals surface area (Å²) in [5.74, 6) is -0.0490. The van der Waals surface area contributed by atoms with Crippen molar-refractivity contribution in [2.24, 2.45) is 5.92 Å². The molecule has 2 aliphatic rings. The zero-order valence-corrected chi connectivity index (χ0v) is 18.0. The van der Waals surface area contributed by atoms with Crippen molar-refractivity contribution in [2.75, 3.05) is 32.7 Å². The fourth-order valence-electron chi connectivity index (χ4n) is 4.65. The smallest absolute Gasteiger partial charge is 0.228 e. The van der Waals surface area contributed by atoms with Crippen LogP contribution in [0.25, 0.3) is 0 Å². The van der Waals surface area contributed by atoms with E-state index in [1.165, 1.54) is 10.5 Å². The third kappa shape index (κ3) is 4.78. The lowest BCUT2D eigenvalue weighted by Crippen LogP contribution is -3.13. The summed E-state index contributed by atoms with van der Waals surface area (Å²) in [6.07, 6.45) is 0.314. The topological polar surface area (TPSA) is 68.8 Å². The minimum atomic E-state index is -0.237. The Morgan fingerprint density at radius 3 is 2.45 bits per heavy atom. The average molecular weight is 418 g/mol. The van der Waals surface area contributed by atoms with Crippen LogP contribution in [-0.4, -0.2) is 54.3 Å². The Kier molecular flexibility index (Phi) is 6.34. The van der Waals surface area contributed by atoms with Gasteiger partial charge in [0.15, 0.2) is 0 Å². The fraction of sp³-hybridized carbons (Fsp3) is 0.400. The minimum absolute atomic E-state index is 0.0137. The molecule has 2 saturated heterocycles. The van der Waals surface area contributed by atoms with Gasteiger partial charge in [-0.2, -0.15) is 5.26 Å². The van der Waals surface area contributed by atoms with Crippen LogP contribution in [0.4, 0.5) is 0 Å². The van der Waals surface area contributed by atoms with Crippen molar-refractivity contribution >= 4 is 11.8 Å². The van der Waals surface area contributed by atoms with Gasteiger partial charge >= 0.3 is 0 Å². The van der Waals surface area contributed by atoms with Crippen LogP contribution in [0.3, 0.4) is 0 Å². The van der Waals surface area contributed by atoms with Crippen LogP contribution in [-0.2, 0) is 16.1 Å². The number of hydrogen-bond acceptors (Lipinski definition) is 3. The maximum absolute atomic E-state index is 13.1. The molecule has 31 heavy (non-hydrogen) atoms. The lowest BCUT2D eigenvalue weighted by Gasteiger charge is -2.33. The first-order chi connectivity index (χ1) is 15.0. The molecule has 6 heteroatoms. The van der Waals surface area contributed by atoms with E-state index in [2.05, 4.69) is 6.07 Å². The number of nitrogens with one attached hydrogen (secondary N) is 1. The number of carbonyl (C=O) groups excluding carboxylic acids is 2. The molecular weight excluding hydrogens is 388 g/mol. The molecule has 2 aliphatic heterocycles. The molecule has 2 amide bonds. The highest BCUT2D eigenvalue weighted by Crippen LogP contribution is 2.29. The van der Waals surface area contributed by atoms with Crippen molar-refractivity contribution in [3.05, 3.63) is 71.3 Å². The van der Waals surface area contributed by atoms with E-state index >= 15 is 0 Å². The third-order valence-electron chi connectivity index (χ3n) is 6.58. The Hall–Kier alpha value is -3.17. The van der Waals surface area contributed by atoms with Crippen molar-refractivity contribution in [1.82, 2.24) is 9.80 Å². The summed E-state index contributed by atoms with van der Waals surface area (Å²) in [5, 5.41) is 8.93. The number of quaternary nitrogens is 1. The van der Waals surface area contributed by atoms with Gasteiger partial charge in [0.2, 0.25) is 11.8 Å². The zero-order chi connectivity index (χ0) is 21.8. The standard InChI is InChI=1S/C25H28N4O2/c1-19(22-5-3-2-4-6-22)29-18-23(15-24(29)30)25(31)28-13-11-27(12-14-28)17-21-9-7-20(16-26)8-10-21/h2-10,19,23H,11-15,17-18H2,1H3/p+1/t19-,23-/m0/s1. The third-order valence-corrected chi connectivity index (χ3v) is 6.58. The van der Waals surface area contributed by atoms with Crippen molar-refractivity contribution < 1.29 is 14.5 Å². The second-order valence-corrected chi connectivity index (χ2v) is 8.59. The molecule has 0 radical (unpaired) electrons. The molecule has 4 rings (SSSR count). The predicted molar refractivity (Wildman–Crippen MR) is 117 cm³/mol. The van der Waals surface area contributed by atoms with Gasteiger partial charge in [-0.25, -0.2) is 0 Å². The highest BCUT2D eigenvalue weighted by atomic mass is 16.2. The molecule has 2 atom stereocenters. The number of amides is 2. The van der Waals surface area contributed by atoms with Crippen LogP contribution in [0.15, 0.2) is 54.6 Å². The van der Waals surface area contributed by atoms with Gasteiger partial charge in [0.1, 0.15) is 6.54 Å². The first-order valence-corrected chi connectivity index (χ1v) is 11.0. The molecule has 1 N–H and O–H groups in total. The number of hydrogen-bond donors (Lipinski definition) is 1. The number of carbonyl (C=O) groups is 2. The Balaban J connectivity index is 1.29. The Bertz CT molecular complexity index is 959. The number of benzene rings is 2. The fourth-order valence-corrected chi connectivity index (χ4v) is 4.65. The van der Waals surface area contributed by atoms with Crippen LogP contribution in [0.2, 0.25) is 0 Å². The summed E-state index contributed by atoms with van der Waals surface area (Å²) in [6, 6.07) is 19.9. The number of nitriles is 1. The summed E-state index contributed by atoms with van der Waals surface area (Å²) in [7, 11) is 0. The molecule has 2 aromatic rings. The number of rotatable bonds is 5. The van der Waals surface area contributed by atoms with E-state index in [4.69, 9.17) is 5.26 Å². The molecule has 0 aromatic heterocycles. The van der Waals surface area contributed by atoms with Gasteiger partial charge in [0, 0.05) is 18.5 Å². The Labute approximate surface area is 183 Å². The van der Waals surface area contributed by atoms with Gasteiger partial charge in [-0.05, 0) is 24.6 Å². The van der Waals surface area contributed by atoms with Crippen LogP contribution in [0.1, 0.15) is 36.1 Å². The second kappa shape index (κ2) is 9.32. The van der Waals surface area contributed by atoms with Gasteiger partial charge in [0.25, 0.3) is 0 Å². The lowest BCUT2D eigenvalue weighted by molar-refractivity contribution is -0.917. The number of piperazine rings is 1. The summed E-state index contributed by atoms with van der Waals surface area (Å²) < 4.78 is 0. The largest absolute Gasteiger partial charge is 0.335 e. The van der Waals surface area contributed by atoms with Gasteiger partial charge in [-0.3, -0.25) is 9.59 Å². The molecular formula is C25H29N4O2+. The predicted octanol–water partition coefficient (Wildman–Crippen LogP) is 1.40. The van der Waals surface area contributed by atoms with Gasteiger partial charge in [0.05, 0.1) is 49.8 Å². The maximum atomic E-state index is 13.1. The molecule has 2 heterocycles. The Morgan fingerprint density at radius 1 is 1.13 bits per heavy atom. The molecule has 2 fully saturated rings. The van der Waals surface area contributed by atoms with Crippen LogP contribution < -0.4 is 4.90 Å². The highest BCUT2D eigenvalue weighted by Gasteiger charge is 2.39. The second-order valence-electron chi connectivity index (χ2n) is 8.59. The Morgan fingerprint density at radius 2 is 1.81 bits per heavy atom. The van der Waals surface area contributed by atoms with Gasteiger partial charge in [-0.15, -0.1) is 0 Å². The SMILES string of the molecule is C[C@@H](c1ccccc1)N1C[C@@H](C(=O)N2CC[NH+](Cc3ccc(C#N)cc3)CC2)CC1=O. The van der Waals surface area contributed by atoms with Crippen LogP contribution in [0.5, 0.6) is 0 Å². The first-order valence-electron chi connectivity index (χ1n) is 11.0. The van der Waals surface area contributed by atoms with Crippen LogP contribution in [0, 0.1) is 17.2 Å². The van der Waals surface area contributed by atoms with E-state index in [0.29, 0.717) is 18.5 Å². The molecule has 0 saturated carbocycles.